The van der Waals surface area contributed by atoms with Crippen LogP contribution in [0, 0.1) is 5.92 Å². The molecule has 0 saturated heterocycles. The third-order valence-corrected chi connectivity index (χ3v) is 4.39. The first-order valence-electron chi connectivity index (χ1n) is 7.62. The van der Waals surface area contributed by atoms with Gasteiger partial charge in [-0.2, -0.15) is 0 Å². The van der Waals surface area contributed by atoms with Crippen LogP contribution in [0.4, 0.5) is 0 Å². The third kappa shape index (κ3) is 4.05. The summed E-state index contributed by atoms with van der Waals surface area (Å²) in [6.07, 6.45) is 4.02. The van der Waals surface area contributed by atoms with E-state index < -0.39 is 11.2 Å². The predicted molar refractivity (Wildman–Crippen MR) is 81.5 cm³/mol. The maximum absolute atomic E-state index is 10.6. The molecular formula is C17H27NO2. The van der Waals surface area contributed by atoms with Crippen molar-refractivity contribution in [2.75, 3.05) is 13.1 Å². The molecule has 3 atom stereocenters. The molecule has 112 valence electrons. The molecule has 20 heavy (non-hydrogen) atoms. The minimum Gasteiger partial charge on any atom is -0.389 e. The minimum atomic E-state index is -0.905. The molecule has 3 N–H and O–H groups in total. The van der Waals surface area contributed by atoms with Crippen LogP contribution in [0.2, 0.25) is 0 Å². The SMILES string of the molecule is CC1CCCC(O)(CNCC(C)(O)c2ccccc2)C1. The van der Waals surface area contributed by atoms with Crippen LogP contribution >= 0.6 is 0 Å². The van der Waals surface area contributed by atoms with Crippen molar-refractivity contribution >= 4 is 0 Å². The van der Waals surface area contributed by atoms with Gasteiger partial charge in [-0.25, -0.2) is 0 Å². The summed E-state index contributed by atoms with van der Waals surface area (Å²) in [6.45, 7) is 5.02. The first kappa shape index (κ1) is 15.5. The van der Waals surface area contributed by atoms with Gasteiger partial charge in [-0.1, -0.05) is 50.1 Å². The molecule has 0 aromatic heterocycles. The van der Waals surface area contributed by atoms with E-state index in [-0.39, 0.29) is 0 Å². The fourth-order valence-electron chi connectivity index (χ4n) is 3.23. The summed E-state index contributed by atoms with van der Waals surface area (Å²) in [5.74, 6) is 0.588. The number of aliphatic hydroxyl groups is 2. The standard InChI is InChI=1S/C17H27NO2/c1-14-7-6-10-17(20,11-14)13-18-12-16(2,19)15-8-4-3-5-9-15/h3-5,8-9,14,18-20H,6-7,10-13H2,1-2H3. The van der Waals surface area contributed by atoms with Crippen molar-refractivity contribution in [1.82, 2.24) is 5.32 Å². The van der Waals surface area contributed by atoms with Gasteiger partial charge in [0.1, 0.15) is 0 Å². The van der Waals surface area contributed by atoms with Crippen LogP contribution in [0.25, 0.3) is 0 Å². The van der Waals surface area contributed by atoms with E-state index >= 15 is 0 Å². The number of hydrogen-bond donors (Lipinski definition) is 3. The van der Waals surface area contributed by atoms with Gasteiger partial charge in [-0.15, -0.1) is 0 Å². The Hall–Kier alpha value is -0.900. The van der Waals surface area contributed by atoms with Gasteiger partial charge >= 0.3 is 0 Å². The van der Waals surface area contributed by atoms with Crippen LogP contribution in [0.5, 0.6) is 0 Å². The molecule has 0 amide bonds. The number of hydrogen-bond acceptors (Lipinski definition) is 3. The summed E-state index contributed by atoms with van der Waals surface area (Å²) in [5.41, 5.74) is -0.612. The van der Waals surface area contributed by atoms with E-state index in [1.165, 1.54) is 6.42 Å². The Bertz CT molecular complexity index is 418. The molecule has 0 spiro atoms. The molecular weight excluding hydrogens is 250 g/mol. The van der Waals surface area contributed by atoms with Crippen molar-refractivity contribution in [3.63, 3.8) is 0 Å². The first-order valence-corrected chi connectivity index (χ1v) is 7.62. The van der Waals surface area contributed by atoms with Gasteiger partial charge in [-0.3, -0.25) is 0 Å². The molecule has 3 nitrogen and oxygen atoms in total. The lowest BCUT2D eigenvalue weighted by Crippen LogP contribution is -2.47. The summed E-state index contributed by atoms with van der Waals surface area (Å²) in [5, 5.41) is 24.3. The Balaban J connectivity index is 1.86. The minimum absolute atomic E-state index is 0.452. The monoisotopic (exact) mass is 277 g/mol. The van der Waals surface area contributed by atoms with Gasteiger partial charge in [0, 0.05) is 13.1 Å². The lowest BCUT2D eigenvalue weighted by molar-refractivity contribution is -0.0186. The van der Waals surface area contributed by atoms with Gasteiger partial charge in [-0.05, 0) is 31.2 Å². The van der Waals surface area contributed by atoms with Crippen molar-refractivity contribution in [3.05, 3.63) is 35.9 Å². The van der Waals surface area contributed by atoms with E-state index in [0.29, 0.717) is 19.0 Å². The zero-order chi connectivity index (χ0) is 14.6. The van der Waals surface area contributed by atoms with Gasteiger partial charge < -0.3 is 15.5 Å². The molecule has 2 rings (SSSR count). The van der Waals surface area contributed by atoms with E-state index in [1.807, 2.05) is 37.3 Å². The Morgan fingerprint density at radius 2 is 2.05 bits per heavy atom. The van der Waals surface area contributed by atoms with E-state index in [9.17, 15) is 10.2 Å². The van der Waals surface area contributed by atoms with Gasteiger partial charge in [0.2, 0.25) is 0 Å². The van der Waals surface area contributed by atoms with Gasteiger partial charge in [0.05, 0.1) is 11.2 Å². The Labute approximate surface area is 122 Å². The van der Waals surface area contributed by atoms with Crippen molar-refractivity contribution in [2.24, 2.45) is 5.92 Å². The molecule has 3 unspecified atom stereocenters. The fourth-order valence-corrected chi connectivity index (χ4v) is 3.23. The summed E-state index contributed by atoms with van der Waals surface area (Å²) in [6, 6.07) is 9.66. The molecule has 0 aliphatic heterocycles. The highest BCUT2D eigenvalue weighted by Gasteiger charge is 2.33. The maximum Gasteiger partial charge on any atom is 0.0992 e. The van der Waals surface area contributed by atoms with E-state index in [2.05, 4.69) is 12.2 Å². The Morgan fingerprint density at radius 1 is 1.35 bits per heavy atom. The maximum atomic E-state index is 10.6. The predicted octanol–water partition coefficient (Wildman–Crippen LogP) is 2.42. The normalized spacial score (nSPS) is 29.9. The Kier molecular flexibility index (Phi) is 4.84. The fraction of sp³-hybridized carbons (Fsp3) is 0.647. The summed E-state index contributed by atoms with van der Waals surface area (Å²) >= 11 is 0. The average Bonchev–Trinajstić information content (AvgIpc) is 2.39. The highest BCUT2D eigenvalue weighted by atomic mass is 16.3. The second kappa shape index (κ2) is 6.25. The van der Waals surface area contributed by atoms with Gasteiger partial charge in [0.15, 0.2) is 0 Å². The summed E-state index contributed by atoms with van der Waals surface area (Å²) in [7, 11) is 0. The second-order valence-electron chi connectivity index (χ2n) is 6.67. The molecule has 1 fully saturated rings. The lowest BCUT2D eigenvalue weighted by Gasteiger charge is -2.36. The molecule has 0 bridgehead atoms. The zero-order valence-corrected chi connectivity index (χ0v) is 12.6. The number of nitrogens with one attached hydrogen (secondary N) is 1. The largest absolute Gasteiger partial charge is 0.389 e. The highest BCUT2D eigenvalue weighted by molar-refractivity contribution is 5.21. The van der Waals surface area contributed by atoms with Crippen molar-refractivity contribution in [2.45, 2.75) is 50.7 Å². The Morgan fingerprint density at radius 3 is 2.70 bits per heavy atom. The van der Waals surface area contributed by atoms with Crippen LogP contribution < -0.4 is 5.32 Å². The third-order valence-electron chi connectivity index (χ3n) is 4.39. The molecule has 3 heteroatoms. The van der Waals surface area contributed by atoms with E-state index in [4.69, 9.17) is 0 Å². The summed E-state index contributed by atoms with van der Waals surface area (Å²) in [4.78, 5) is 0. The van der Waals surface area contributed by atoms with Crippen LogP contribution in [0.1, 0.15) is 45.1 Å². The first-order chi connectivity index (χ1) is 9.41. The lowest BCUT2D eigenvalue weighted by atomic mass is 9.79. The highest BCUT2D eigenvalue weighted by Crippen LogP contribution is 2.31. The van der Waals surface area contributed by atoms with Crippen LogP contribution in [-0.4, -0.2) is 28.9 Å². The molecule has 1 aromatic carbocycles. The molecule has 0 heterocycles. The number of benzene rings is 1. The molecule has 1 aliphatic carbocycles. The number of rotatable bonds is 5. The topological polar surface area (TPSA) is 52.5 Å². The second-order valence-corrected chi connectivity index (χ2v) is 6.67. The van der Waals surface area contributed by atoms with Crippen LogP contribution in [0.3, 0.4) is 0 Å². The zero-order valence-electron chi connectivity index (χ0n) is 12.6. The molecule has 0 radical (unpaired) electrons. The average molecular weight is 277 g/mol. The molecule has 1 aliphatic rings. The van der Waals surface area contributed by atoms with E-state index in [0.717, 1.165) is 24.8 Å². The summed E-state index contributed by atoms with van der Waals surface area (Å²) < 4.78 is 0. The van der Waals surface area contributed by atoms with Crippen LogP contribution in [0.15, 0.2) is 30.3 Å². The molecule has 1 aromatic rings. The van der Waals surface area contributed by atoms with Gasteiger partial charge in [0.25, 0.3) is 0 Å². The van der Waals surface area contributed by atoms with Crippen LogP contribution in [-0.2, 0) is 5.60 Å². The quantitative estimate of drug-likeness (QED) is 0.775. The molecule has 1 saturated carbocycles. The van der Waals surface area contributed by atoms with Crippen molar-refractivity contribution in [1.29, 1.82) is 0 Å². The van der Waals surface area contributed by atoms with Crippen molar-refractivity contribution in [3.8, 4) is 0 Å². The van der Waals surface area contributed by atoms with E-state index in [1.54, 1.807) is 0 Å². The smallest absolute Gasteiger partial charge is 0.0992 e. The van der Waals surface area contributed by atoms with Crippen molar-refractivity contribution < 1.29 is 10.2 Å².